The summed E-state index contributed by atoms with van der Waals surface area (Å²) in [5.41, 5.74) is 0.833. The summed E-state index contributed by atoms with van der Waals surface area (Å²) >= 11 is 0. The third-order valence-electron chi connectivity index (χ3n) is 1.38. The van der Waals surface area contributed by atoms with Crippen LogP contribution in [0.3, 0.4) is 0 Å². The van der Waals surface area contributed by atoms with E-state index in [2.05, 4.69) is 24.7 Å². The second-order valence-corrected chi connectivity index (χ2v) is 2.49. The molecule has 0 N–H and O–H groups in total. The number of halogens is 1. The highest BCUT2D eigenvalue weighted by Crippen LogP contribution is 2.10. The van der Waals surface area contributed by atoms with Gasteiger partial charge in [-0.05, 0) is 18.6 Å². The summed E-state index contributed by atoms with van der Waals surface area (Å²) in [6.45, 7) is 12.3. The SMILES string of the molecule is C=CC(=C)/C=C\C=C(\F)C(=C)/N=C\C. The van der Waals surface area contributed by atoms with E-state index in [1.54, 1.807) is 19.1 Å². The average Bonchev–Trinajstić information content (AvgIpc) is 2.17. The van der Waals surface area contributed by atoms with E-state index in [1.165, 1.54) is 18.4 Å². The van der Waals surface area contributed by atoms with Crippen molar-refractivity contribution in [3.05, 3.63) is 61.1 Å². The maximum absolute atomic E-state index is 13.1. The summed E-state index contributed by atoms with van der Waals surface area (Å²) in [5, 5.41) is 0. The Morgan fingerprint density at radius 3 is 2.50 bits per heavy atom. The molecule has 0 bridgehead atoms. The normalized spacial score (nSPS) is 12.3. The lowest BCUT2D eigenvalue weighted by Gasteiger charge is -1.92. The largest absolute Gasteiger partial charge is 0.259 e. The quantitative estimate of drug-likeness (QED) is 0.463. The summed E-state index contributed by atoms with van der Waals surface area (Å²) in [6, 6.07) is 0. The van der Waals surface area contributed by atoms with Gasteiger partial charge in [-0.25, -0.2) is 4.39 Å². The van der Waals surface area contributed by atoms with Crippen molar-refractivity contribution in [2.24, 2.45) is 4.99 Å². The number of allylic oxidation sites excluding steroid dienone is 6. The van der Waals surface area contributed by atoms with Crippen LogP contribution in [-0.2, 0) is 0 Å². The van der Waals surface area contributed by atoms with Crippen LogP contribution in [-0.4, -0.2) is 6.21 Å². The second-order valence-electron chi connectivity index (χ2n) is 2.49. The van der Waals surface area contributed by atoms with Crippen molar-refractivity contribution in [1.82, 2.24) is 0 Å². The van der Waals surface area contributed by atoms with E-state index in [0.29, 0.717) is 0 Å². The van der Waals surface area contributed by atoms with Crippen LogP contribution in [0, 0.1) is 0 Å². The molecular formula is C12H14FN. The maximum Gasteiger partial charge on any atom is 0.148 e. The molecule has 0 aromatic rings. The van der Waals surface area contributed by atoms with Crippen LogP contribution >= 0.6 is 0 Å². The van der Waals surface area contributed by atoms with Gasteiger partial charge in [-0.15, -0.1) is 0 Å². The van der Waals surface area contributed by atoms with Gasteiger partial charge in [0.1, 0.15) is 5.83 Å². The summed E-state index contributed by atoms with van der Waals surface area (Å²) in [6.07, 6.45) is 7.54. The molecule has 0 amide bonds. The van der Waals surface area contributed by atoms with Crippen molar-refractivity contribution in [2.75, 3.05) is 0 Å². The predicted octanol–water partition coefficient (Wildman–Crippen LogP) is 3.74. The molecule has 0 rings (SSSR count). The number of hydrogen-bond donors (Lipinski definition) is 0. The highest BCUT2D eigenvalue weighted by Gasteiger charge is 1.94. The molecule has 0 aromatic carbocycles. The molecule has 1 nitrogen and oxygen atoms in total. The number of aliphatic imine (C=N–C) groups is 1. The molecule has 2 heteroatoms. The van der Waals surface area contributed by atoms with Gasteiger partial charge in [-0.2, -0.15) is 0 Å². The van der Waals surface area contributed by atoms with Gasteiger partial charge in [-0.3, -0.25) is 4.99 Å². The third-order valence-corrected chi connectivity index (χ3v) is 1.38. The summed E-state index contributed by atoms with van der Waals surface area (Å²) < 4.78 is 13.1. The molecule has 0 saturated carbocycles. The molecule has 0 aromatic heterocycles. The molecule has 0 saturated heterocycles. The molecule has 0 fully saturated rings. The minimum absolute atomic E-state index is 0.112. The van der Waals surface area contributed by atoms with Gasteiger partial charge in [-0.1, -0.05) is 38.0 Å². The average molecular weight is 191 g/mol. The van der Waals surface area contributed by atoms with Crippen molar-refractivity contribution in [3.8, 4) is 0 Å². The standard InChI is InChI=1S/C12H14FN/c1-5-10(3)8-7-9-12(13)11(4)14-6-2/h5-9H,1,3-4H2,2H3/b8-7-,12-9+,14-6-. The minimum Gasteiger partial charge on any atom is -0.259 e. The molecule has 0 aliphatic rings. The van der Waals surface area contributed by atoms with Gasteiger partial charge in [0.2, 0.25) is 0 Å². The fourth-order valence-corrected chi connectivity index (χ4v) is 0.638. The number of hydrogen-bond acceptors (Lipinski definition) is 1. The van der Waals surface area contributed by atoms with E-state index in [-0.39, 0.29) is 5.70 Å². The van der Waals surface area contributed by atoms with Crippen LogP contribution in [0.5, 0.6) is 0 Å². The van der Waals surface area contributed by atoms with Crippen molar-refractivity contribution in [1.29, 1.82) is 0 Å². The molecule has 0 radical (unpaired) electrons. The lowest BCUT2D eigenvalue weighted by Crippen LogP contribution is -1.76. The van der Waals surface area contributed by atoms with Crippen LogP contribution in [0.4, 0.5) is 4.39 Å². The fraction of sp³-hybridized carbons (Fsp3) is 0.0833. The van der Waals surface area contributed by atoms with Crippen molar-refractivity contribution < 1.29 is 4.39 Å². The van der Waals surface area contributed by atoms with Crippen molar-refractivity contribution in [3.63, 3.8) is 0 Å². The van der Waals surface area contributed by atoms with Crippen LogP contribution in [0.2, 0.25) is 0 Å². The molecule has 14 heavy (non-hydrogen) atoms. The highest BCUT2D eigenvalue weighted by molar-refractivity contribution is 5.56. The van der Waals surface area contributed by atoms with Gasteiger partial charge in [0.25, 0.3) is 0 Å². The lowest BCUT2D eigenvalue weighted by atomic mass is 10.2. The van der Waals surface area contributed by atoms with Crippen LogP contribution in [0.25, 0.3) is 0 Å². The van der Waals surface area contributed by atoms with Gasteiger partial charge < -0.3 is 0 Å². The Labute approximate surface area is 84.4 Å². The van der Waals surface area contributed by atoms with E-state index in [9.17, 15) is 4.39 Å². The van der Waals surface area contributed by atoms with Gasteiger partial charge in [0.15, 0.2) is 0 Å². The smallest absolute Gasteiger partial charge is 0.148 e. The summed E-state index contributed by atoms with van der Waals surface area (Å²) in [4.78, 5) is 3.70. The first-order chi connectivity index (χ1) is 6.61. The van der Waals surface area contributed by atoms with Crippen LogP contribution < -0.4 is 0 Å². The van der Waals surface area contributed by atoms with Crippen LogP contribution in [0.1, 0.15) is 6.92 Å². The Morgan fingerprint density at radius 1 is 1.36 bits per heavy atom. The first-order valence-corrected chi connectivity index (χ1v) is 4.15. The monoisotopic (exact) mass is 191 g/mol. The maximum atomic E-state index is 13.1. The molecule has 0 aliphatic heterocycles. The van der Waals surface area contributed by atoms with Crippen LogP contribution in [0.15, 0.2) is 66.1 Å². The summed E-state index contributed by atoms with van der Waals surface area (Å²) in [5.74, 6) is -0.462. The van der Waals surface area contributed by atoms with Gasteiger partial charge in [0, 0.05) is 6.21 Å². The Kier molecular flexibility index (Phi) is 5.95. The predicted molar refractivity (Wildman–Crippen MR) is 61.0 cm³/mol. The summed E-state index contributed by atoms with van der Waals surface area (Å²) in [7, 11) is 0. The van der Waals surface area contributed by atoms with Crippen molar-refractivity contribution in [2.45, 2.75) is 6.92 Å². The molecule has 0 heterocycles. The Morgan fingerprint density at radius 2 is 2.00 bits per heavy atom. The highest BCUT2D eigenvalue weighted by atomic mass is 19.1. The lowest BCUT2D eigenvalue weighted by molar-refractivity contribution is 0.650. The minimum atomic E-state index is -0.462. The zero-order valence-electron chi connectivity index (χ0n) is 8.33. The number of rotatable bonds is 5. The number of nitrogens with zero attached hydrogens (tertiary/aromatic N) is 1. The Balaban J connectivity index is 4.39. The van der Waals surface area contributed by atoms with Crippen molar-refractivity contribution >= 4 is 6.21 Å². The first kappa shape index (κ1) is 12.3. The van der Waals surface area contributed by atoms with E-state index in [0.717, 1.165) is 5.57 Å². The molecule has 0 unspecified atom stereocenters. The first-order valence-electron chi connectivity index (χ1n) is 4.15. The van der Waals surface area contributed by atoms with E-state index >= 15 is 0 Å². The molecular weight excluding hydrogens is 177 g/mol. The fourth-order valence-electron chi connectivity index (χ4n) is 0.638. The topological polar surface area (TPSA) is 12.4 Å². The molecule has 0 spiro atoms. The van der Waals surface area contributed by atoms with Gasteiger partial charge in [0.05, 0.1) is 5.70 Å². The molecule has 0 aliphatic carbocycles. The second kappa shape index (κ2) is 6.78. The Bertz CT molecular complexity index is 319. The molecule has 0 atom stereocenters. The van der Waals surface area contributed by atoms with E-state index in [1.807, 2.05) is 0 Å². The van der Waals surface area contributed by atoms with E-state index in [4.69, 9.17) is 0 Å². The third kappa shape index (κ3) is 5.04. The Hall–Kier alpha value is -1.70. The molecule has 74 valence electrons. The van der Waals surface area contributed by atoms with Gasteiger partial charge >= 0.3 is 0 Å². The van der Waals surface area contributed by atoms with E-state index < -0.39 is 5.83 Å². The zero-order chi connectivity index (χ0) is 11.0. The zero-order valence-corrected chi connectivity index (χ0v) is 8.33.